The van der Waals surface area contributed by atoms with E-state index in [1.807, 2.05) is 24.3 Å². The van der Waals surface area contributed by atoms with E-state index in [0.29, 0.717) is 28.0 Å². The zero-order valence-corrected chi connectivity index (χ0v) is 10.9. The number of pyridine rings is 1. The van der Waals surface area contributed by atoms with Gasteiger partial charge in [-0.05, 0) is 30.3 Å². The Balaban J connectivity index is 1.92. The van der Waals surface area contributed by atoms with Gasteiger partial charge in [0.1, 0.15) is 0 Å². The topological polar surface area (TPSA) is 96.2 Å². The average molecular weight is 277 g/mol. The zero-order chi connectivity index (χ0) is 14.8. The van der Waals surface area contributed by atoms with Gasteiger partial charge in [0.2, 0.25) is 0 Å². The molecule has 0 spiro atoms. The second kappa shape index (κ2) is 4.98. The molecule has 21 heavy (non-hydrogen) atoms. The minimum absolute atomic E-state index is 0.299. The Morgan fingerprint density at radius 3 is 2.95 bits per heavy atom. The van der Waals surface area contributed by atoms with Gasteiger partial charge in [0.15, 0.2) is 0 Å². The van der Waals surface area contributed by atoms with Crippen molar-refractivity contribution in [2.75, 3.05) is 11.1 Å². The standard InChI is InChI=1S/C15H11N5O/c16-8-10-4-5-13(12(17)7-10)19-15(21)11-9-18-20-6-2-1-3-14(11)20/h1-7,9H,17H2,(H,19,21). The zero-order valence-electron chi connectivity index (χ0n) is 10.9. The monoisotopic (exact) mass is 277 g/mol. The first-order valence-electron chi connectivity index (χ1n) is 6.22. The number of nitriles is 1. The number of aromatic nitrogens is 2. The Kier molecular flexibility index (Phi) is 3.01. The number of anilines is 2. The summed E-state index contributed by atoms with van der Waals surface area (Å²) < 4.78 is 1.62. The third kappa shape index (κ3) is 2.28. The summed E-state index contributed by atoms with van der Waals surface area (Å²) in [4.78, 5) is 12.3. The lowest BCUT2D eigenvalue weighted by Crippen LogP contribution is -2.13. The fourth-order valence-electron chi connectivity index (χ4n) is 2.05. The van der Waals surface area contributed by atoms with Crippen LogP contribution < -0.4 is 11.1 Å². The summed E-state index contributed by atoms with van der Waals surface area (Å²) in [6.45, 7) is 0. The molecule has 0 unspecified atom stereocenters. The number of carbonyl (C=O) groups excluding carboxylic acids is 1. The molecule has 6 nitrogen and oxygen atoms in total. The van der Waals surface area contributed by atoms with E-state index in [0.717, 1.165) is 0 Å². The fourth-order valence-corrected chi connectivity index (χ4v) is 2.05. The molecule has 0 atom stereocenters. The van der Waals surface area contributed by atoms with Crippen LogP contribution in [0.2, 0.25) is 0 Å². The maximum absolute atomic E-state index is 12.3. The van der Waals surface area contributed by atoms with Crippen LogP contribution in [0.3, 0.4) is 0 Å². The molecule has 0 aliphatic heterocycles. The van der Waals surface area contributed by atoms with Crippen LogP contribution in [0.5, 0.6) is 0 Å². The first-order valence-corrected chi connectivity index (χ1v) is 6.22. The fraction of sp³-hybridized carbons (Fsp3) is 0. The van der Waals surface area contributed by atoms with Crippen molar-refractivity contribution in [2.24, 2.45) is 0 Å². The summed E-state index contributed by atoms with van der Waals surface area (Å²) in [6, 6.07) is 12.2. The van der Waals surface area contributed by atoms with Gasteiger partial charge in [-0.15, -0.1) is 0 Å². The highest BCUT2D eigenvalue weighted by Gasteiger charge is 2.13. The molecule has 102 valence electrons. The van der Waals surface area contributed by atoms with Crippen molar-refractivity contribution in [1.82, 2.24) is 9.61 Å². The van der Waals surface area contributed by atoms with Crippen LogP contribution >= 0.6 is 0 Å². The molecule has 3 aromatic rings. The highest BCUT2D eigenvalue weighted by Crippen LogP contribution is 2.21. The van der Waals surface area contributed by atoms with Crippen molar-refractivity contribution in [1.29, 1.82) is 5.26 Å². The lowest BCUT2D eigenvalue weighted by atomic mass is 10.1. The maximum Gasteiger partial charge on any atom is 0.259 e. The minimum atomic E-state index is -0.299. The Morgan fingerprint density at radius 1 is 1.33 bits per heavy atom. The first kappa shape index (κ1) is 12.7. The van der Waals surface area contributed by atoms with Crippen LogP contribution in [-0.4, -0.2) is 15.5 Å². The molecule has 2 heterocycles. The molecular formula is C15H11N5O. The number of amides is 1. The van der Waals surface area contributed by atoms with Crippen LogP contribution in [0.15, 0.2) is 48.8 Å². The van der Waals surface area contributed by atoms with Gasteiger partial charge in [-0.3, -0.25) is 4.79 Å². The lowest BCUT2D eigenvalue weighted by Gasteiger charge is -2.07. The number of carbonyl (C=O) groups is 1. The van der Waals surface area contributed by atoms with Crippen LogP contribution in [0.1, 0.15) is 15.9 Å². The molecule has 1 aromatic carbocycles. The van der Waals surface area contributed by atoms with Crippen molar-refractivity contribution < 1.29 is 4.79 Å². The number of rotatable bonds is 2. The molecule has 0 radical (unpaired) electrons. The van der Waals surface area contributed by atoms with E-state index in [1.54, 1.807) is 22.8 Å². The molecule has 1 amide bonds. The van der Waals surface area contributed by atoms with Gasteiger partial charge in [0, 0.05) is 6.20 Å². The van der Waals surface area contributed by atoms with Gasteiger partial charge in [-0.25, -0.2) is 4.52 Å². The summed E-state index contributed by atoms with van der Waals surface area (Å²) in [5.74, 6) is -0.299. The third-order valence-electron chi connectivity index (χ3n) is 3.10. The third-order valence-corrected chi connectivity index (χ3v) is 3.10. The number of nitrogens with one attached hydrogen (secondary N) is 1. The Labute approximate surface area is 120 Å². The van der Waals surface area contributed by atoms with E-state index in [1.165, 1.54) is 12.3 Å². The van der Waals surface area contributed by atoms with Crippen molar-refractivity contribution in [3.05, 3.63) is 59.9 Å². The predicted molar refractivity (Wildman–Crippen MR) is 78.7 cm³/mol. The largest absolute Gasteiger partial charge is 0.397 e. The number of nitrogen functional groups attached to an aromatic ring is 1. The van der Waals surface area contributed by atoms with E-state index in [4.69, 9.17) is 11.0 Å². The summed E-state index contributed by atoms with van der Waals surface area (Å²) >= 11 is 0. The number of nitrogens with zero attached hydrogens (tertiary/aromatic N) is 3. The summed E-state index contributed by atoms with van der Waals surface area (Å²) in [6.07, 6.45) is 3.27. The van der Waals surface area contributed by atoms with Crippen molar-refractivity contribution in [2.45, 2.75) is 0 Å². The van der Waals surface area contributed by atoms with Crippen LogP contribution in [-0.2, 0) is 0 Å². The molecule has 0 fully saturated rings. The normalized spacial score (nSPS) is 10.2. The van der Waals surface area contributed by atoms with Gasteiger partial charge in [0.05, 0.1) is 40.3 Å². The highest BCUT2D eigenvalue weighted by molar-refractivity contribution is 6.09. The number of hydrogen-bond donors (Lipinski definition) is 2. The minimum Gasteiger partial charge on any atom is -0.397 e. The smallest absolute Gasteiger partial charge is 0.259 e. The Hall–Kier alpha value is -3.33. The van der Waals surface area contributed by atoms with Gasteiger partial charge < -0.3 is 11.1 Å². The summed E-state index contributed by atoms with van der Waals surface area (Å²) in [5, 5.41) is 15.6. The van der Waals surface area contributed by atoms with E-state index >= 15 is 0 Å². The van der Waals surface area contributed by atoms with E-state index in [-0.39, 0.29) is 5.91 Å². The quantitative estimate of drug-likeness (QED) is 0.700. The van der Waals surface area contributed by atoms with Crippen molar-refractivity contribution in [3.63, 3.8) is 0 Å². The summed E-state index contributed by atoms with van der Waals surface area (Å²) in [5.41, 5.74) is 8.25. The maximum atomic E-state index is 12.3. The molecule has 3 N–H and O–H groups in total. The molecule has 6 heteroatoms. The second-order valence-corrected chi connectivity index (χ2v) is 4.46. The Bertz CT molecular complexity index is 875. The van der Waals surface area contributed by atoms with Crippen LogP contribution in [0.4, 0.5) is 11.4 Å². The number of fused-ring (bicyclic) bond motifs is 1. The van der Waals surface area contributed by atoms with E-state index in [9.17, 15) is 4.79 Å². The number of benzene rings is 1. The number of hydrogen-bond acceptors (Lipinski definition) is 4. The molecule has 2 aromatic heterocycles. The van der Waals surface area contributed by atoms with Crippen LogP contribution in [0, 0.1) is 11.3 Å². The number of nitrogens with two attached hydrogens (primary N) is 1. The SMILES string of the molecule is N#Cc1ccc(NC(=O)c2cnn3ccccc23)c(N)c1. The van der Waals surface area contributed by atoms with Gasteiger partial charge in [-0.1, -0.05) is 6.07 Å². The highest BCUT2D eigenvalue weighted by atomic mass is 16.1. The van der Waals surface area contributed by atoms with Crippen molar-refractivity contribution >= 4 is 22.8 Å². The van der Waals surface area contributed by atoms with Gasteiger partial charge in [0.25, 0.3) is 5.91 Å². The van der Waals surface area contributed by atoms with E-state index < -0.39 is 0 Å². The molecule has 0 aliphatic rings. The lowest BCUT2D eigenvalue weighted by molar-refractivity contribution is 0.102. The molecule has 3 rings (SSSR count). The molecule has 0 aliphatic carbocycles. The summed E-state index contributed by atoms with van der Waals surface area (Å²) in [7, 11) is 0. The molecule has 0 bridgehead atoms. The van der Waals surface area contributed by atoms with Crippen molar-refractivity contribution in [3.8, 4) is 6.07 Å². The average Bonchev–Trinajstić information content (AvgIpc) is 2.93. The second-order valence-electron chi connectivity index (χ2n) is 4.46. The molecule has 0 saturated carbocycles. The van der Waals surface area contributed by atoms with Gasteiger partial charge >= 0.3 is 0 Å². The Morgan fingerprint density at radius 2 is 2.19 bits per heavy atom. The van der Waals surface area contributed by atoms with E-state index in [2.05, 4.69) is 10.4 Å². The van der Waals surface area contributed by atoms with Gasteiger partial charge in [-0.2, -0.15) is 10.4 Å². The predicted octanol–water partition coefficient (Wildman–Crippen LogP) is 2.04. The molecule has 0 saturated heterocycles. The van der Waals surface area contributed by atoms with Crippen LogP contribution in [0.25, 0.3) is 5.52 Å². The molecular weight excluding hydrogens is 266 g/mol. The first-order chi connectivity index (χ1) is 10.2.